The van der Waals surface area contributed by atoms with Crippen molar-refractivity contribution in [3.63, 3.8) is 0 Å². The summed E-state index contributed by atoms with van der Waals surface area (Å²) in [6.07, 6.45) is 0. The first kappa shape index (κ1) is 31.6. The molecule has 0 fully saturated rings. The Morgan fingerprint density at radius 1 is 0.345 bits per heavy atom. The average molecular weight is 720 g/mol. The van der Waals surface area contributed by atoms with Crippen molar-refractivity contribution in [2.24, 2.45) is 0 Å². The number of thiophene rings is 1. The maximum absolute atomic E-state index is 6.13. The Kier molecular flexibility index (Phi) is 7.39. The summed E-state index contributed by atoms with van der Waals surface area (Å²) in [7, 11) is 0. The van der Waals surface area contributed by atoms with Gasteiger partial charge in [0, 0.05) is 47.9 Å². The van der Waals surface area contributed by atoms with Crippen LogP contribution >= 0.6 is 11.3 Å². The van der Waals surface area contributed by atoms with Gasteiger partial charge in [-0.25, -0.2) is 0 Å². The van der Waals surface area contributed by atoms with Gasteiger partial charge in [0.05, 0.1) is 5.69 Å². The van der Waals surface area contributed by atoms with Gasteiger partial charge >= 0.3 is 0 Å². The minimum Gasteiger partial charge on any atom is -0.456 e. The number of benzene rings is 9. The van der Waals surface area contributed by atoms with E-state index in [4.69, 9.17) is 4.42 Å². The molecule has 2 heterocycles. The number of anilines is 3. The molecule has 2 aromatic heterocycles. The number of nitrogens with zero attached hydrogens (tertiary/aromatic N) is 1. The van der Waals surface area contributed by atoms with Gasteiger partial charge in [-0.2, -0.15) is 0 Å². The molecule has 0 amide bonds. The standard InChI is InChI=1S/C52H33NOS/c1-2-10-37-31-38(18-17-34(37)9-1)35-19-25-41(26-20-35)53(42-27-21-36(22-28-42)39-24-30-50-47(32-39)44-12-4-7-15-49(44)54-50)48-14-6-3-11-43(48)40-23-29-46-45-13-5-8-16-51(45)55-52(46)33-40/h1-33H. The van der Waals surface area contributed by atoms with Gasteiger partial charge in [-0.05, 0) is 105 Å². The van der Waals surface area contributed by atoms with Gasteiger partial charge in [0.1, 0.15) is 11.2 Å². The second-order valence-corrected chi connectivity index (χ2v) is 15.2. The summed E-state index contributed by atoms with van der Waals surface area (Å²) in [6, 6.07) is 72.4. The Bertz CT molecular complexity index is 3210. The minimum absolute atomic E-state index is 0.908. The Morgan fingerprint density at radius 3 is 1.75 bits per heavy atom. The van der Waals surface area contributed by atoms with E-state index in [9.17, 15) is 0 Å². The smallest absolute Gasteiger partial charge is 0.135 e. The van der Waals surface area contributed by atoms with Gasteiger partial charge in [0.2, 0.25) is 0 Å². The van der Waals surface area contributed by atoms with E-state index in [1.165, 1.54) is 53.2 Å². The molecule has 9 aromatic carbocycles. The molecule has 0 saturated heterocycles. The Hall–Kier alpha value is -6.94. The van der Waals surface area contributed by atoms with Gasteiger partial charge in [-0.1, -0.05) is 133 Å². The highest BCUT2D eigenvalue weighted by Crippen LogP contribution is 2.44. The molecule has 11 aromatic rings. The van der Waals surface area contributed by atoms with Crippen LogP contribution in [0, 0.1) is 0 Å². The molecule has 0 aliphatic carbocycles. The minimum atomic E-state index is 0.908. The number of para-hydroxylation sites is 2. The van der Waals surface area contributed by atoms with Crippen molar-refractivity contribution in [2.45, 2.75) is 0 Å². The van der Waals surface area contributed by atoms with Gasteiger partial charge in [-0.15, -0.1) is 11.3 Å². The topological polar surface area (TPSA) is 16.4 Å². The van der Waals surface area contributed by atoms with E-state index in [1.54, 1.807) is 0 Å². The number of rotatable bonds is 6. The van der Waals surface area contributed by atoms with Crippen LogP contribution in [0.15, 0.2) is 205 Å². The number of hydrogen-bond acceptors (Lipinski definition) is 3. The summed E-state index contributed by atoms with van der Waals surface area (Å²) in [6.45, 7) is 0. The molecule has 11 rings (SSSR count). The third-order valence-electron chi connectivity index (χ3n) is 10.9. The zero-order valence-corrected chi connectivity index (χ0v) is 30.6. The van der Waals surface area contributed by atoms with Crippen molar-refractivity contribution >= 4 is 81.3 Å². The molecular weight excluding hydrogens is 687 g/mol. The quantitative estimate of drug-likeness (QED) is 0.170. The highest BCUT2D eigenvalue weighted by molar-refractivity contribution is 7.25. The lowest BCUT2D eigenvalue weighted by Gasteiger charge is -2.28. The van der Waals surface area contributed by atoms with Crippen LogP contribution in [-0.4, -0.2) is 0 Å². The molecule has 0 spiro atoms. The zero-order chi connectivity index (χ0) is 36.3. The van der Waals surface area contributed by atoms with E-state index < -0.39 is 0 Å². The predicted octanol–water partition coefficient (Wildman–Crippen LogP) is 15.6. The predicted molar refractivity (Wildman–Crippen MR) is 235 cm³/mol. The first-order valence-electron chi connectivity index (χ1n) is 18.7. The lowest BCUT2D eigenvalue weighted by atomic mass is 9.98. The lowest BCUT2D eigenvalue weighted by Crippen LogP contribution is -2.11. The van der Waals surface area contributed by atoms with Crippen molar-refractivity contribution in [1.82, 2.24) is 0 Å². The van der Waals surface area contributed by atoms with Gasteiger partial charge in [0.15, 0.2) is 0 Å². The third-order valence-corrected chi connectivity index (χ3v) is 12.0. The van der Waals surface area contributed by atoms with E-state index in [0.29, 0.717) is 0 Å². The zero-order valence-electron chi connectivity index (χ0n) is 29.8. The van der Waals surface area contributed by atoms with Crippen molar-refractivity contribution in [1.29, 1.82) is 0 Å². The highest BCUT2D eigenvalue weighted by atomic mass is 32.1. The van der Waals surface area contributed by atoms with E-state index in [0.717, 1.165) is 50.1 Å². The molecule has 0 N–H and O–H groups in total. The van der Waals surface area contributed by atoms with E-state index in [1.807, 2.05) is 23.5 Å². The molecular formula is C52H33NOS. The van der Waals surface area contributed by atoms with Crippen molar-refractivity contribution in [3.8, 4) is 33.4 Å². The molecule has 258 valence electrons. The Labute approximate surface area is 322 Å². The van der Waals surface area contributed by atoms with E-state index >= 15 is 0 Å². The first-order valence-corrected chi connectivity index (χ1v) is 19.5. The monoisotopic (exact) mass is 719 g/mol. The molecule has 3 heteroatoms. The maximum atomic E-state index is 6.13. The second-order valence-electron chi connectivity index (χ2n) is 14.1. The summed E-state index contributed by atoms with van der Waals surface area (Å²) in [5.41, 5.74) is 12.2. The molecule has 2 nitrogen and oxygen atoms in total. The maximum Gasteiger partial charge on any atom is 0.135 e. The van der Waals surface area contributed by atoms with Gasteiger partial charge in [0.25, 0.3) is 0 Å². The molecule has 0 aliphatic rings. The molecule has 0 radical (unpaired) electrons. The normalized spacial score (nSPS) is 11.6. The fourth-order valence-electron chi connectivity index (χ4n) is 8.11. The molecule has 0 atom stereocenters. The van der Waals surface area contributed by atoms with Crippen molar-refractivity contribution < 1.29 is 4.42 Å². The van der Waals surface area contributed by atoms with Crippen LogP contribution in [0.25, 0.3) is 86.3 Å². The summed E-state index contributed by atoms with van der Waals surface area (Å²) >= 11 is 1.86. The third kappa shape index (κ3) is 5.48. The summed E-state index contributed by atoms with van der Waals surface area (Å²) < 4.78 is 8.74. The van der Waals surface area contributed by atoms with Gasteiger partial charge < -0.3 is 9.32 Å². The Balaban J connectivity index is 1.03. The van der Waals surface area contributed by atoms with Gasteiger partial charge in [-0.3, -0.25) is 0 Å². The summed E-state index contributed by atoms with van der Waals surface area (Å²) in [4.78, 5) is 2.39. The van der Waals surface area contributed by atoms with Crippen molar-refractivity contribution in [3.05, 3.63) is 200 Å². The molecule has 0 aliphatic heterocycles. The largest absolute Gasteiger partial charge is 0.456 e. The summed E-state index contributed by atoms with van der Waals surface area (Å²) in [5.74, 6) is 0. The van der Waals surface area contributed by atoms with Crippen LogP contribution in [0.5, 0.6) is 0 Å². The lowest BCUT2D eigenvalue weighted by molar-refractivity contribution is 0.669. The van der Waals surface area contributed by atoms with E-state index in [2.05, 4.69) is 193 Å². The average Bonchev–Trinajstić information content (AvgIpc) is 3.82. The molecule has 0 unspecified atom stereocenters. The number of furan rings is 1. The van der Waals surface area contributed by atoms with Crippen LogP contribution in [0.3, 0.4) is 0 Å². The van der Waals surface area contributed by atoms with Crippen LogP contribution in [-0.2, 0) is 0 Å². The first-order chi connectivity index (χ1) is 27.2. The fourth-order valence-corrected chi connectivity index (χ4v) is 9.26. The highest BCUT2D eigenvalue weighted by Gasteiger charge is 2.19. The molecule has 55 heavy (non-hydrogen) atoms. The summed E-state index contributed by atoms with van der Waals surface area (Å²) in [5, 5.41) is 7.39. The van der Waals surface area contributed by atoms with Crippen LogP contribution in [0.4, 0.5) is 17.1 Å². The van der Waals surface area contributed by atoms with Crippen LogP contribution in [0.1, 0.15) is 0 Å². The fraction of sp³-hybridized carbons (Fsp3) is 0. The Morgan fingerprint density at radius 2 is 0.927 bits per heavy atom. The molecule has 0 bridgehead atoms. The number of fused-ring (bicyclic) bond motifs is 7. The SMILES string of the molecule is c1ccc(N(c2ccc(-c3ccc4ccccc4c3)cc2)c2ccc(-c3ccc4oc5ccccc5c4c3)cc2)c(-c2ccc3c(c2)sc2ccccc23)c1. The van der Waals surface area contributed by atoms with Crippen LogP contribution < -0.4 is 4.90 Å². The van der Waals surface area contributed by atoms with Crippen molar-refractivity contribution in [2.75, 3.05) is 4.90 Å². The van der Waals surface area contributed by atoms with Crippen LogP contribution in [0.2, 0.25) is 0 Å². The van der Waals surface area contributed by atoms with E-state index in [-0.39, 0.29) is 0 Å². The number of hydrogen-bond donors (Lipinski definition) is 0. The second kappa shape index (κ2) is 12.9. The molecule has 0 saturated carbocycles.